The van der Waals surface area contributed by atoms with Crippen LogP contribution in [0.1, 0.15) is 46.0 Å². The van der Waals surface area contributed by atoms with E-state index in [1.165, 1.54) is 34.8 Å². The standard InChI is InChI=1S/C21H26O/c1-15-4-9-18(10-5-15)21(19-11-6-16(2)7-12-19)20-13-8-17(3)22-14-20/h4-6,9-10,14,17,19H,1,7-8,11-13H2,2-3H3/t17-,19-/m1/s1. The summed E-state index contributed by atoms with van der Waals surface area (Å²) in [7, 11) is 0. The van der Waals surface area contributed by atoms with Gasteiger partial charge in [-0.2, -0.15) is 0 Å². The maximum atomic E-state index is 5.82. The maximum absolute atomic E-state index is 5.82. The zero-order valence-corrected chi connectivity index (χ0v) is 13.8. The summed E-state index contributed by atoms with van der Waals surface area (Å²) in [6.07, 6.45) is 10.6. The summed E-state index contributed by atoms with van der Waals surface area (Å²) in [4.78, 5) is 0. The molecule has 1 heteroatoms. The third-order valence-corrected chi connectivity index (χ3v) is 4.92. The smallest absolute Gasteiger partial charge is 0.0953 e. The second-order valence-electron chi connectivity index (χ2n) is 6.76. The Morgan fingerprint density at radius 1 is 1.14 bits per heavy atom. The summed E-state index contributed by atoms with van der Waals surface area (Å²) in [5.74, 6) is 0.614. The van der Waals surface area contributed by atoms with Crippen LogP contribution in [-0.4, -0.2) is 6.10 Å². The molecule has 0 bridgehead atoms. The normalized spacial score (nSPS) is 25.0. The van der Waals surface area contributed by atoms with E-state index in [-0.39, 0.29) is 0 Å². The first-order valence-electron chi connectivity index (χ1n) is 8.43. The van der Waals surface area contributed by atoms with Crippen molar-refractivity contribution in [3.8, 4) is 0 Å². The molecule has 0 N–H and O–H groups in total. The maximum Gasteiger partial charge on any atom is 0.0953 e. The first-order chi connectivity index (χ1) is 10.6. The lowest BCUT2D eigenvalue weighted by Crippen LogP contribution is -2.21. The molecular weight excluding hydrogens is 268 g/mol. The fraction of sp³-hybridized carbons (Fsp3) is 0.429. The Kier molecular flexibility index (Phi) is 4.52. The van der Waals surface area contributed by atoms with Gasteiger partial charge in [0, 0.05) is 0 Å². The van der Waals surface area contributed by atoms with E-state index in [1.54, 1.807) is 0 Å². The first kappa shape index (κ1) is 15.1. The van der Waals surface area contributed by atoms with E-state index in [2.05, 4.69) is 50.8 Å². The molecule has 1 aromatic carbocycles. The Morgan fingerprint density at radius 3 is 2.50 bits per heavy atom. The van der Waals surface area contributed by atoms with Gasteiger partial charge in [-0.15, -0.1) is 0 Å². The predicted molar refractivity (Wildman–Crippen MR) is 93.6 cm³/mol. The predicted octanol–water partition coefficient (Wildman–Crippen LogP) is 4.08. The first-order valence-corrected chi connectivity index (χ1v) is 8.43. The van der Waals surface area contributed by atoms with E-state index in [4.69, 9.17) is 4.74 Å². The lowest BCUT2D eigenvalue weighted by molar-refractivity contribution is 0.137. The lowest BCUT2D eigenvalue weighted by atomic mass is 9.79. The molecule has 0 saturated carbocycles. The number of ether oxygens (including phenoxy) is 1. The fourth-order valence-corrected chi connectivity index (χ4v) is 3.48. The number of hydrogen-bond donors (Lipinski definition) is 0. The van der Waals surface area contributed by atoms with Crippen molar-refractivity contribution < 1.29 is 4.74 Å². The van der Waals surface area contributed by atoms with Gasteiger partial charge in [-0.1, -0.05) is 42.5 Å². The second kappa shape index (κ2) is 6.56. The molecule has 1 aromatic rings. The molecule has 0 unspecified atom stereocenters. The Hall–Kier alpha value is -1.76. The number of hydrogen-bond acceptors (Lipinski definition) is 1. The number of allylic oxidation sites excluding steroid dienone is 3. The lowest BCUT2D eigenvalue weighted by Gasteiger charge is -2.28. The highest BCUT2D eigenvalue weighted by molar-refractivity contribution is 5.66. The molecule has 22 heavy (non-hydrogen) atoms. The Morgan fingerprint density at radius 2 is 1.91 bits per heavy atom. The van der Waals surface area contributed by atoms with Gasteiger partial charge in [0.2, 0.25) is 0 Å². The van der Waals surface area contributed by atoms with Crippen molar-refractivity contribution >= 4 is 12.2 Å². The van der Waals surface area contributed by atoms with E-state index in [0.717, 1.165) is 24.5 Å². The van der Waals surface area contributed by atoms with Gasteiger partial charge < -0.3 is 4.74 Å². The SMILES string of the molecule is C=c1ccc(=C(C2=CO[C@H](C)CC2)[C@@H]2CC=C(C)CC2)cc1. The minimum atomic E-state index is 0.348. The zero-order chi connectivity index (χ0) is 15.5. The van der Waals surface area contributed by atoms with Crippen LogP contribution < -0.4 is 10.4 Å². The number of rotatable bonds is 2. The molecule has 0 aromatic heterocycles. The Balaban J connectivity index is 2.05. The minimum absolute atomic E-state index is 0.348. The van der Waals surface area contributed by atoms with Gasteiger partial charge in [-0.05, 0) is 73.5 Å². The molecule has 1 nitrogen and oxygen atoms in total. The van der Waals surface area contributed by atoms with Crippen molar-refractivity contribution in [2.24, 2.45) is 5.92 Å². The van der Waals surface area contributed by atoms with Crippen molar-refractivity contribution in [2.45, 2.75) is 52.1 Å². The summed E-state index contributed by atoms with van der Waals surface area (Å²) in [5, 5.41) is 2.42. The fourth-order valence-electron chi connectivity index (χ4n) is 3.48. The van der Waals surface area contributed by atoms with Gasteiger partial charge in [0.25, 0.3) is 0 Å². The van der Waals surface area contributed by atoms with Crippen LogP contribution in [0.2, 0.25) is 0 Å². The molecule has 1 aliphatic heterocycles. The van der Waals surface area contributed by atoms with Gasteiger partial charge >= 0.3 is 0 Å². The van der Waals surface area contributed by atoms with Gasteiger partial charge in [0.05, 0.1) is 12.4 Å². The van der Waals surface area contributed by atoms with Crippen LogP contribution in [0.15, 0.2) is 47.7 Å². The van der Waals surface area contributed by atoms with Gasteiger partial charge in [0.15, 0.2) is 0 Å². The topological polar surface area (TPSA) is 9.23 Å². The van der Waals surface area contributed by atoms with Crippen LogP contribution in [-0.2, 0) is 4.74 Å². The summed E-state index contributed by atoms with van der Waals surface area (Å²) in [6, 6.07) is 8.68. The van der Waals surface area contributed by atoms with E-state index >= 15 is 0 Å². The zero-order valence-electron chi connectivity index (χ0n) is 13.8. The summed E-state index contributed by atoms with van der Waals surface area (Å²) in [5.41, 5.74) is 4.43. The Bertz CT molecular complexity index is 684. The minimum Gasteiger partial charge on any atom is -0.498 e. The summed E-state index contributed by atoms with van der Waals surface area (Å²) < 4.78 is 5.82. The van der Waals surface area contributed by atoms with Crippen molar-refractivity contribution in [2.75, 3.05) is 0 Å². The number of benzene rings is 1. The van der Waals surface area contributed by atoms with Crippen LogP contribution in [0.4, 0.5) is 0 Å². The van der Waals surface area contributed by atoms with E-state index in [9.17, 15) is 0 Å². The van der Waals surface area contributed by atoms with Crippen molar-refractivity contribution in [3.05, 3.63) is 58.2 Å². The van der Waals surface area contributed by atoms with Crippen LogP contribution in [0.3, 0.4) is 0 Å². The van der Waals surface area contributed by atoms with Crippen LogP contribution in [0, 0.1) is 5.92 Å². The van der Waals surface area contributed by atoms with E-state index in [0.29, 0.717) is 12.0 Å². The van der Waals surface area contributed by atoms with Crippen molar-refractivity contribution in [1.82, 2.24) is 0 Å². The molecule has 1 heterocycles. The molecule has 0 radical (unpaired) electrons. The van der Waals surface area contributed by atoms with Gasteiger partial charge in [-0.25, -0.2) is 0 Å². The highest BCUT2D eigenvalue weighted by Gasteiger charge is 2.23. The molecule has 116 valence electrons. The van der Waals surface area contributed by atoms with Crippen molar-refractivity contribution in [1.29, 1.82) is 0 Å². The van der Waals surface area contributed by atoms with Gasteiger partial charge in [-0.3, -0.25) is 0 Å². The molecule has 1 aliphatic carbocycles. The monoisotopic (exact) mass is 294 g/mol. The highest BCUT2D eigenvalue weighted by Crippen LogP contribution is 2.36. The third-order valence-electron chi connectivity index (χ3n) is 4.92. The van der Waals surface area contributed by atoms with Crippen molar-refractivity contribution in [3.63, 3.8) is 0 Å². The summed E-state index contributed by atoms with van der Waals surface area (Å²) >= 11 is 0. The molecule has 0 fully saturated rings. The largest absolute Gasteiger partial charge is 0.498 e. The highest BCUT2D eigenvalue weighted by atomic mass is 16.5. The molecule has 3 rings (SSSR count). The average molecular weight is 294 g/mol. The third kappa shape index (κ3) is 3.35. The Labute approximate surface area is 133 Å². The molecular formula is C21H26O. The molecule has 2 atom stereocenters. The van der Waals surface area contributed by atoms with Crippen LogP contribution >= 0.6 is 0 Å². The van der Waals surface area contributed by atoms with Crippen LogP contribution in [0.25, 0.3) is 12.2 Å². The molecule has 2 aliphatic rings. The molecule has 0 spiro atoms. The quantitative estimate of drug-likeness (QED) is 0.747. The summed E-state index contributed by atoms with van der Waals surface area (Å²) in [6.45, 7) is 8.41. The molecule has 0 amide bonds. The van der Waals surface area contributed by atoms with E-state index in [1.807, 2.05) is 6.26 Å². The average Bonchev–Trinajstić information content (AvgIpc) is 2.53. The second-order valence-corrected chi connectivity index (χ2v) is 6.76. The van der Waals surface area contributed by atoms with E-state index < -0.39 is 0 Å². The van der Waals surface area contributed by atoms with Crippen LogP contribution in [0.5, 0.6) is 0 Å². The molecule has 0 saturated heterocycles. The van der Waals surface area contributed by atoms with Gasteiger partial charge in [0.1, 0.15) is 0 Å².